The van der Waals surface area contributed by atoms with Crippen molar-refractivity contribution in [2.45, 2.75) is 17.6 Å². The molecule has 0 bridgehead atoms. The Balaban J connectivity index is 1.64. The number of halogens is 3. The third kappa shape index (κ3) is 4.22. The summed E-state index contributed by atoms with van der Waals surface area (Å²) in [5.74, 6) is 0. The number of alkyl halides is 3. The molecule has 1 aromatic carbocycles. The number of piperazine rings is 1. The number of rotatable bonds is 4. The first-order valence-corrected chi connectivity index (χ1v) is 9.49. The van der Waals surface area contributed by atoms with Crippen molar-refractivity contribution in [2.24, 2.45) is 0 Å². The second-order valence-electron chi connectivity index (χ2n) is 6.06. The molecule has 140 valence electrons. The molecule has 1 aliphatic rings. The molecule has 1 fully saturated rings. The van der Waals surface area contributed by atoms with Crippen LogP contribution in [0.5, 0.6) is 0 Å². The van der Waals surface area contributed by atoms with Crippen LogP contribution in [0.15, 0.2) is 53.7 Å². The zero-order valence-electron chi connectivity index (χ0n) is 13.9. The number of hydrogen-bond donors (Lipinski definition) is 0. The Kier molecular flexibility index (Phi) is 5.31. The molecule has 1 aromatic heterocycles. The van der Waals surface area contributed by atoms with Crippen LogP contribution in [0.3, 0.4) is 0 Å². The van der Waals surface area contributed by atoms with Crippen LogP contribution in [-0.4, -0.2) is 48.8 Å². The average Bonchev–Trinajstić information content (AvgIpc) is 2.62. The Hall–Kier alpha value is -1.97. The summed E-state index contributed by atoms with van der Waals surface area (Å²) in [4.78, 5) is 5.98. The predicted molar refractivity (Wildman–Crippen MR) is 89.7 cm³/mol. The highest BCUT2D eigenvalue weighted by Gasteiger charge is 2.32. The van der Waals surface area contributed by atoms with Crippen LogP contribution >= 0.6 is 0 Å². The number of aromatic nitrogens is 1. The molecule has 0 spiro atoms. The Labute approximate surface area is 150 Å². The van der Waals surface area contributed by atoms with E-state index in [-0.39, 0.29) is 4.90 Å². The van der Waals surface area contributed by atoms with Crippen molar-refractivity contribution in [3.05, 3.63) is 59.9 Å². The van der Waals surface area contributed by atoms with Crippen LogP contribution < -0.4 is 0 Å². The summed E-state index contributed by atoms with van der Waals surface area (Å²) in [6, 6.07) is 7.44. The van der Waals surface area contributed by atoms with E-state index >= 15 is 0 Å². The van der Waals surface area contributed by atoms with Crippen molar-refractivity contribution >= 4 is 10.0 Å². The molecule has 0 saturated carbocycles. The van der Waals surface area contributed by atoms with Gasteiger partial charge in [0.1, 0.15) is 0 Å². The van der Waals surface area contributed by atoms with Gasteiger partial charge in [0.25, 0.3) is 0 Å². The molecule has 2 heterocycles. The summed E-state index contributed by atoms with van der Waals surface area (Å²) in [5, 5.41) is 0. The molecule has 0 N–H and O–H groups in total. The third-order valence-electron chi connectivity index (χ3n) is 4.31. The topological polar surface area (TPSA) is 53.5 Å². The molecule has 9 heteroatoms. The highest BCUT2D eigenvalue weighted by molar-refractivity contribution is 7.89. The standard InChI is InChI=1S/C17H18F3N3O2S/c18-17(19,20)15-1-3-16(4-2-15)26(24,25)23-11-9-22(10-12-23)13-14-5-7-21-8-6-14/h1-8H,9-13H2. The second kappa shape index (κ2) is 7.34. The van der Waals surface area contributed by atoms with E-state index in [2.05, 4.69) is 9.88 Å². The summed E-state index contributed by atoms with van der Waals surface area (Å²) in [6.45, 7) is 2.42. The largest absolute Gasteiger partial charge is 0.416 e. The minimum absolute atomic E-state index is 0.118. The van der Waals surface area contributed by atoms with E-state index in [0.717, 1.165) is 29.8 Å². The van der Waals surface area contributed by atoms with E-state index in [1.54, 1.807) is 12.4 Å². The van der Waals surface area contributed by atoms with Crippen molar-refractivity contribution in [3.63, 3.8) is 0 Å². The lowest BCUT2D eigenvalue weighted by atomic mass is 10.2. The summed E-state index contributed by atoms with van der Waals surface area (Å²) < 4.78 is 64.5. The third-order valence-corrected chi connectivity index (χ3v) is 6.22. The Morgan fingerprint density at radius 2 is 1.50 bits per heavy atom. The minimum Gasteiger partial charge on any atom is -0.296 e. The van der Waals surface area contributed by atoms with Gasteiger partial charge in [-0.2, -0.15) is 17.5 Å². The van der Waals surface area contributed by atoms with E-state index < -0.39 is 21.8 Å². The van der Waals surface area contributed by atoms with Crippen LogP contribution in [-0.2, 0) is 22.7 Å². The van der Waals surface area contributed by atoms with Crippen molar-refractivity contribution in [3.8, 4) is 0 Å². The van der Waals surface area contributed by atoms with Gasteiger partial charge in [0.15, 0.2) is 0 Å². The van der Waals surface area contributed by atoms with Crippen LogP contribution in [0, 0.1) is 0 Å². The number of hydrogen-bond acceptors (Lipinski definition) is 4. The first-order valence-electron chi connectivity index (χ1n) is 8.05. The quantitative estimate of drug-likeness (QED) is 0.812. The van der Waals surface area contributed by atoms with Crippen molar-refractivity contribution < 1.29 is 21.6 Å². The Morgan fingerprint density at radius 3 is 2.04 bits per heavy atom. The van der Waals surface area contributed by atoms with Gasteiger partial charge in [-0.05, 0) is 42.0 Å². The average molecular weight is 385 g/mol. The van der Waals surface area contributed by atoms with Crippen LogP contribution in [0.1, 0.15) is 11.1 Å². The first kappa shape index (κ1) is 18.8. The van der Waals surface area contributed by atoms with Crippen molar-refractivity contribution in [1.82, 2.24) is 14.2 Å². The lowest BCUT2D eigenvalue weighted by molar-refractivity contribution is -0.137. The van der Waals surface area contributed by atoms with Gasteiger partial charge in [0.05, 0.1) is 10.5 Å². The van der Waals surface area contributed by atoms with Gasteiger partial charge in [0, 0.05) is 45.1 Å². The first-order chi connectivity index (χ1) is 12.3. The molecule has 0 amide bonds. The molecule has 0 radical (unpaired) electrons. The summed E-state index contributed by atoms with van der Waals surface area (Å²) in [5.41, 5.74) is 0.234. The Bertz CT molecular complexity index is 832. The molecule has 0 aliphatic carbocycles. The highest BCUT2D eigenvalue weighted by atomic mass is 32.2. The molecule has 2 aromatic rings. The molecule has 5 nitrogen and oxygen atoms in total. The SMILES string of the molecule is O=S(=O)(c1ccc(C(F)(F)F)cc1)N1CCN(Cc2ccncc2)CC1. The molecule has 1 saturated heterocycles. The molecule has 3 rings (SSSR count). The van der Waals surface area contributed by atoms with Gasteiger partial charge in [-0.3, -0.25) is 9.88 Å². The van der Waals surface area contributed by atoms with Gasteiger partial charge in [-0.1, -0.05) is 0 Å². The molecular weight excluding hydrogens is 367 g/mol. The molecule has 0 atom stereocenters. The van der Waals surface area contributed by atoms with Gasteiger partial charge in [0.2, 0.25) is 10.0 Å². The zero-order valence-corrected chi connectivity index (χ0v) is 14.7. The molecule has 0 unspecified atom stereocenters. The van der Waals surface area contributed by atoms with E-state index in [9.17, 15) is 21.6 Å². The van der Waals surface area contributed by atoms with Crippen LogP contribution in [0.2, 0.25) is 0 Å². The number of sulfonamides is 1. The van der Waals surface area contributed by atoms with E-state index in [1.807, 2.05) is 12.1 Å². The number of benzene rings is 1. The van der Waals surface area contributed by atoms with Gasteiger partial charge in [-0.15, -0.1) is 0 Å². The molecule has 1 aliphatic heterocycles. The summed E-state index contributed by atoms with van der Waals surface area (Å²) in [7, 11) is -3.79. The maximum atomic E-state index is 12.6. The van der Waals surface area contributed by atoms with Gasteiger partial charge < -0.3 is 0 Å². The Morgan fingerprint density at radius 1 is 0.923 bits per heavy atom. The monoisotopic (exact) mass is 385 g/mol. The maximum Gasteiger partial charge on any atom is 0.416 e. The number of pyridine rings is 1. The molecular formula is C17H18F3N3O2S. The smallest absolute Gasteiger partial charge is 0.296 e. The fourth-order valence-electron chi connectivity index (χ4n) is 2.84. The van der Waals surface area contributed by atoms with Gasteiger partial charge >= 0.3 is 6.18 Å². The fourth-order valence-corrected chi connectivity index (χ4v) is 4.26. The maximum absolute atomic E-state index is 12.6. The number of nitrogens with zero attached hydrogens (tertiary/aromatic N) is 3. The normalized spacial score (nSPS) is 17.3. The fraction of sp³-hybridized carbons (Fsp3) is 0.353. The lowest BCUT2D eigenvalue weighted by Gasteiger charge is -2.34. The highest BCUT2D eigenvalue weighted by Crippen LogP contribution is 2.30. The predicted octanol–water partition coefficient (Wildman–Crippen LogP) is 2.61. The summed E-state index contributed by atoms with van der Waals surface area (Å²) in [6.07, 6.45) is -1.07. The second-order valence-corrected chi connectivity index (χ2v) is 8.00. The summed E-state index contributed by atoms with van der Waals surface area (Å²) >= 11 is 0. The van der Waals surface area contributed by atoms with E-state index in [4.69, 9.17) is 0 Å². The van der Waals surface area contributed by atoms with Crippen LogP contribution in [0.4, 0.5) is 13.2 Å². The van der Waals surface area contributed by atoms with E-state index in [0.29, 0.717) is 32.7 Å². The minimum atomic E-state index is -4.49. The lowest BCUT2D eigenvalue weighted by Crippen LogP contribution is -2.48. The van der Waals surface area contributed by atoms with Crippen LogP contribution in [0.25, 0.3) is 0 Å². The molecule has 26 heavy (non-hydrogen) atoms. The van der Waals surface area contributed by atoms with Crippen molar-refractivity contribution in [1.29, 1.82) is 0 Å². The van der Waals surface area contributed by atoms with Crippen molar-refractivity contribution in [2.75, 3.05) is 26.2 Å². The van der Waals surface area contributed by atoms with E-state index in [1.165, 1.54) is 4.31 Å². The van der Waals surface area contributed by atoms with Gasteiger partial charge in [-0.25, -0.2) is 8.42 Å². The zero-order chi connectivity index (χ0) is 18.8.